The predicted molar refractivity (Wildman–Crippen MR) is 55.8 cm³/mol. The molecule has 0 amide bonds. The molecule has 1 atom stereocenters. The lowest BCUT2D eigenvalue weighted by Gasteiger charge is -2.08. The number of allylic oxidation sites excluding steroid dienone is 2. The molecule has 0 heterocycles. The van der Waals surface area contributed by atoms with Crippen LogP contribution in [0.3, 0.4) is 0 Å². The van der Waals surface area contributed by atoms with E-state index in [1.54, 1.807) is 0 Å². The largest absolute Gasteiger partial charge is 0.310 e. The number of rotatable bonds is 5. The van der Waals surface area contributed by atoms with E-state index in [1.165, 1.54) is 0 Å². The molecule has 0 saturated carbocycles. The minimum Gasteiger partial charge on any atom is -0.310 e. The van der Waals surface area contributed by atoms with Gasteiger partial charge in [-0.15, -0.1) is 0 Å². The Kier molecular flexibility index (Phi) is 5.69. The summed E-state index contributed by atoms with van der Waals surface area (Å²) in [5.41, 5.74) is 0.787. The molecule has 0 saturated heterocycles. The Labute approximate surface area is 76.4 Å². The van der Waals surface area contributed by atoms with Gasteiger partial charge in [0.25, 0.3) is 0 Å². The molecule has 0 aromatic heterocycles. The first kappa shape index (κ1) is 11.4. The Morgan fingerprint density at radius 3 is 2.25 bits per heavy atom. The minimum absolute atomic E-state index is 0.574. The summed E-state index contributed by atoms with van der Waals surface area (Å²) in [6.07, 6.45) is 6.54. The van der Waals surface area contributed by atoms with E-state index in [4.69, 9.17) is 5.41 Å². The second-order valence-electron chi connectivity index (χ2n) is 3.78. The Morgan fingerprint density at radius 1 is 1.33 bits per heavy atom. The van der Waals surface area contributed by atoms with Crippen molar-refractivity contribution < 1.29 is 0 Å². The van der Waals surface area contributed by atoms with Gasteiger partial charge in [0.15, 0.2) is 0 Å². The summed E-state index contributed by atoms with van der Waals surface area (Å²) >= 11 is 0. The van der Waals surface area contributed by atoms with Crippen LogP contribution >= 0.6 is 0 Å². The zero-order valence-electron chi connectivity index (χ0n) is 8.72. The summed E-state index contributed by atoms with van der Waals surface area (Å²) in [6, 6.07) is 0. The average molecular weight is 167 g/mol. The highest BCUT2D eigenvalue weighted by atomic mass is 14.4. The lowest BCUT2D eigenvalue weighted by molar-refractivity contribution is 0.644. The molecule has 1 N–H and O–H groups in total. The molecular formula is C11H21N. The first-order valence-corrected chi connectivity index (χ1v) is 4.78. The standard InChI is InChI=1S/C11H21N/c1-5-11(8-10(4)12)7-6-9(2)3/h6-7,9,11-12H,5,8H2,1-4H3. The van der Waals surface area contributed by atoms with Crippen molar-refractivity contribution in [1.82, 2.24) is 0 Å². The molecule has 0 aliphatic rings. The third kappa shape index (κ3) is 6.14. The van der Waals surface area contributed by atoms with Crippen LogP contribution in [0.25, 0.3) is 0 Å². The van der Waals surface area contributed by atoms with E-state index in [2.05, 4.69) is 32.9 Å². The summed E-state index contributed by atoms with van der Waals surface area (Å²) in [5, 5.41) is 7.38. The Bertz CT molecular complexity index is 156. The molecule has 0 spiro atoms. The zero-order valence-corrected chi connectivity index (χ0v) is 8.72. The van der Waals surface area contributed by atoms with E-state index in [0.29, 0.717) is 11.8 Å². The van der Waals surface area contributed by atoms with Crippen molar-refractivity contribution in [2.75, 3.05) is 0 Å². The van der Waals surface area contributed by atoms with Crippen molar-refractivity contribution in [2.45, 2.75) is 40.5 Å². The monoisotopic (exact) mass is 167 g/mol. The summed E-state index contributed by atoms with van der Waals surface area (Å²) in [4.78, 5) is 0. The Morgan fingerprint density at radius 2 is 1.92 bits per heavy atom. The second-order valence-corrected chi connectivity index (χ2v) is 3.78. The number of hydrogen-bond donors (Lipinski definition) is 1. The maximum absolute atomic E-state index is 7.38. The Hall–Kier alpha value is -0.590. The van der Waals surface area contributed by atoms with Gasteiger partial charge in [0.05, 0.1) is 0 Å². The normalized spacial score (nSPS) is 14.1. The first-order chi connectivity index (χ1) is 5.56. The SMILES string of the molecule is CCC(C=CC(C)C)CC(C)=N. The van der Waals surface area contributed by atoms with E-state index in [-0.39, 0.29) is 0 Å². The van der Waals surface area contributed by atoms with E-state index >= 15 is 0 Å². The summed E-state index contributed by atoms with van der Waals surface area (Å²) in [6.45, 7) is 8.42. The molecule has 0 aromatic rings. The van der Waals surface area contributed by atoms with Gasteiger partial charge in [-0.2, -0.15) is 0 Å². The van der Waals surface area contributed by atoms with E-state index < -0.39 is 0 Å². The van der Waals surface area contributed by atoms with Gasteiger partial charge >= 0.3 is 0 Å². The zero-order chi connectivity index (χ0) is 9.56. The number of hydrogen-bond acceptors (Lipinski definition) is 1. The summed E-state index contributed by atoms with van der Waals surface area (Å²) in [5.74, 6) is 1.20. The van der Waals surface area contributed by atoms with Crippen LogP contribution in [0.4, 0.5) is 0 Å². The topological polar surface area (TPSA) is 23.9 Å². The van der Waals surface area contributed by atoms with E-state index in [0.717, 1.165) is 18.6 Å². The predicted octanol–water partition coefficient (Wildman–Crippen LogP) is 3.65. The van der Waals surface area contributed by atoms with Crippen molar-refractivity contribution in [3.05, 3.63) is 12.2 Å². The quantitative estimate of drug-likeness (QED) is 0.477. The highest BCUT2D eigenvalue weighted by Gasteiger charge is 2.02. The van der Waals surface area contributed by atoms with Gasteiger partial charge in [-0.25, -0.2) is 0 Å². The average Bonchev–Trinajstić information content (AvgIpc) is 1.97. The van der Waals surface area contributed by atoms with Gasteiger partial charge in [0.1, 0.15) is 0 Å². The summed E-state index contributed by atoms with van der Waals surface area (Å²) < 4.78 is 0. The lowest BCUT2D eigenvalue weighted by atomic mass is 9.98. The molecule has 0 rings (SSSR count). The van der Waals surface area contributed by atoms with Crippen LogP contribution in [0.1, 0.15) is 40.5 Å². The molecule has 0 fully saturated rings. The molecule has 0 bridgehead atoms. The van der Waals surface area contributed by atoms with Crippen molar-refractivity contribution in [1.29, 1.82) is 5.41 Å². The van der Waals surface area contributed by atoms with Gasteiger partial charge < -0.3 is 5.41 Å². The van der Waals surface area contributed by atoms with Crippen LogP contribution in [0.2, 0.25) is 0 Å². The fourth-order valence-corrected chi connectivity index (χ4v) is 1.12. The highest BCUT2D eigenvalue weighted by molar-refractivity contribution is 5.78. The van der Waals surface area contributed by atoms with Crippen LogP contribution in [0.15, 0.2) is 12.2 Å². The molecule has 0 radical (unpaired) electrons. The number of nitrogens with one attached hydrogen (secondary N) is 1. The molecular weight excluding hydrogens is 146 g/mol. The third-order valence-corrected chi connectivity index (χ3v) is 1.86. The van der Waals surface area contributed by atoms with Gasteiger partial charge in [-0.05, 0) is 31.6 Å². The smallest absolute Gasteiger partial charge is 0.00640 e. The van der Waals surface area contributed by atoms with Crippen LogP contribution in [-0.4, -0.2) is 5.71 Å². The fraction of sp³-hybridized carbons (Fsp3) is 0.727. The Balaban J connectivity index is 3.90. The molecule has 12 heavy (non-hydrogen) atoms. The fourth-order valence-electron chi connectivity index (χ4n) is 1.12. The molecule has 0 aliphatic heterocycles. The minimum atomic E-state index is 0.574. The van der Waals surface area contributed by atoms with Crippen LogP contribution in [-0.2, 0) is 0 Å². The van der Waals surface area contributed by atoms with Gasteiger partial charge in [-0.3, -0.25) is 0 Å². The van der Waals surface area contributed by atoms with Crippen molar-refractivity contribution in [3.63, 3.8) is 0 Å². The molecule has 70 valence electrons. The third-order valence-electron chi connectivity index (χ3n) is 1.86. The molecule has 1 nitrogen and oxygen atoms in total. The molecule has 1 unspecified atom stereocenters. The molecule has 1 heteroatoms. The maximum atomic E-state index is 7.38. The molecule has 0 aliphatic carbocycles. The van der Waals surface area contributed by atoms with Gasteiger partial charge in [-0.1, -0.05) is 32.9 Å². The van der Waals surface area contributed by atoms with Gasteiger partial charge in [0, 0.05) is 5.71 Å². The van der Waals surface area contributed by atoms with E-state index in [9.17, 15) is 0 Å². The van der Waals surface area contributed by atoms with Crippen LogP contribution < -0.4 is 0 Å². The van der Waals surface area contributed by atoms with Gasteiger partial charge in [0.2, 0.25) is 0 Å². The molecule has 0 aromatic carbocycles. The maximum Gasteiger partial charge on any atom is 0.00640 e. The highest BCUT2D eigenvalue weighted by Crippen LogP contribution is 2.11. The van der Waals surface area contributed by atoms with Crippen molar-refractivity contribution >= 4 is 5.71 Å². The van der Waals surface area contributed by atoms with Crippen molar-refractivity contribution in [3.8, 4) is 0 Å². The van der Waals surface area contributed by atoms with Crippen LogP contribution in [0, 0.1) is 17.2 Å². The van der Waals surface area contributed by atoms with Crippen LogP contribution in [0.5, 0.6) is 0 Å². The summed E-state index contributed by atoms with van der Waals surface area (Å²) in [7, 11) is 0. The lowest BCUT2D eigenvalue weighted by Crippen LogP contribution is -2.01. The second kappa shape index (κ2) is 5.99. The van der Waals surface area contributed by atoms with E-state index in [1.807, 2.05) is 6.92 Å². The first-order valence-electron chi connectivity index (χ1n) is 4.78. The van der Waals surface area contributed by atoms with Crippen molar-refractivity contribution in [2.24, 2.45) is 11.8 Å².